The molecule has 8 fully saturated rings. The second kappa shape index (κ2) is 6.36. The first kappa shape index (κ1) is 18.0. The Balaban J connectivity index is 1.08. The second-order valence-electron chi connectivity index (χ2n) is 11.1. The van der Waals surface area contributed by atoms with Crippen molar-refractivity contribution in [3.8, 4) is 0 Å². The van der Waals surface area contributed by atoms with Crippen molar-refractivity contribution in [3.05, 3.63) is 0 Å². The van der Waals surface area contributed by atoms with Crippen molar-refractivity contribution in [2.75, 3.05) is 5.94 Å². The van der Waals surface area contributed by atoms with Gasteiger partial charge < -0.3 is 0 Å². The van der Waals surface area contributed by atoms with Crippen molar-refractivity contribution in [1.29, 1.82) is 0 Å². The molecule has 8 aliphatic rings. The zero-order valence-electron chi connectivity index (χ0n) is 16.1. The molecule has 4 nitrogen and oxygen atoms in total. The Morgan fingerprint density at radius 2 is 1.07 bits per heavy atom. The summed E-state index contributed by atoms with van der Waals surface area (Å²) in [4.78, 5) is 0. The van der Waals surface area contributed by atoms with E-state index in [0.29, 0.717) is 0 Å². The summed E-state index contributed by atoms with van der Waals surface area (Å²) < 4.78 is 37.5. The third-order valence-corrected chi connectivity index (χ3v) is 11.4. The van der Waals surface area contributed by atoms with Crippen LogP contribution in [0.15, 0.2) is 0 Å². The van der Waals surface area contributed by atoms with Gasteiger partial charge in [0, 0.05) is 0 Å². The van der Waals surface area contributed by atoms with Crippen LogP contribution in [0.5, 0.6) is 0 Å². The molecule has 0 amide bonds. The first-order valence-corrected chi connectivity index (χ1v) is 13.4. The molecule has 6 heteroatoms. The minimum absolute atomic E-state index is 0.0177. The monoisotopic (exact) mass is 412 g/mol. The van der Waals surface area contributed by atoms with Gasteiger partial charge in [-0.3, -0.25) is 8.37 Å². The van der Waals surface area contributed by atoms with Crippen LogP contribution in [0.1, 0.15) is 77.0 Å². The highest BCUT2D eigenvalue weighted by molar-refractivity contribution is 7.84. The summed E-state index contributed by atoms with van der Waals surface area (Å²) in [5, 5.41) is 0. The fraction of sp³-hybridized carbons (Fsp3) is 1.00. The zero-order valence-corrected chi connectivity index (χ0v) is 17.7. The molecule has 0 spiro atoms. The molecule has 0 N–H and O–H groups in total. The standard InChI is InChI=1S/C21H32O4S2/c22-26(25-20-7-14-1-15(8-20)3-16(2-14)9-20)13-24-27(23)21-10-17-4-18(11-21)6-19(5-17)12-21/h14-19H,1-13H2. The number of rotatable bonds is 6. The normalized spacial score (nSPS) is 54.4. The summed E-state index contributed by atoms with van der Waals surface area (Å²) in [7, 11) is 0. The van der Waals surface area contributed by atoms with Crippen LogP contribution in [0.3, 0.4) is 0 Å². The maximum Gasteiger partial charge on any atom is 0.184 e. The van der Waals surface area contributed by atoms with Crippen molar-refractivity contribution in [2.24, 2.45) is 35.5 Å². The van der Waals surface area contributed by atoms with E-state index in [9.17, 15) is 8.42 Å². The van der Waals surface area contributed by atoms with Gasteiger partial charge in [-0.25, -0.2) is 8.42 Å². The summed E-state index contributed by atoms with van der Waals surface area (Å²) in [6.45, 7) is 0. The SMILES string of the molecule is O=S(COS(=O)C12CC3CC(CC(C3)C1)C2)OC12CC3CC(CC(C3)C1)C2. The van der Waals surface area contributed by atoms with E-state index in [0.717, 1.165) is 74.0 Å². The van der Waals surface area contributed by atoms with Crippen molar-refractivity contribution in [3.63, 3.8) is 0 Å². The molecule has 0 aliphatic heterocycles. The molecule has 8 saturated carbocycles. The molecule has 0 aromatic rings. The quantitative estimate of drug-likeness (QED) is 0.655. The third-order valence-electron chi connectivity index (χ3n) is 8.84. The van der Waals surface area contributed by atoms with E-state index in [1.54, 1.807) is 0 Å². The van der Waals surface area contributed by atoms with E-state index in [2.05, 4.69) is 0 Å². The lowest BCUT2D eigenvalue weighted by Gasteiger charge is -2.55. The van der Waals surface area contributed by atoms with Crippen molar-refractivity contribution >= 4 is 22.2 Å². The van der Waals surface area contributed by atoms with Gasteiger partial charge in [0.25, 0.3) is 0 Å². The van der Waals surface area contributed by atoms with Gasteiger partial charge in [0.05, 0.1) is 10.3 Å². The Labute approximate surface area is 167 Å². The van der Waals surface area contributed by atoms with Gasteiger partial charge in [-0.15, -0.1) is 0 Å². The first-order valence-electron chi connectivity index (χ1n) is 11.1. The Morgan fingerprint density at radius 1 is 0.667 bits per heavy atom. The van der Waals surface area contributed by atoms with Gasteiger partial charge in [-0.2, -0.15) is 0 Å². The maximum atomic E-state index is 13.1. The van der Waals surface area contributed by atoms with Crippen molar-refractivity contribution in [1.82, 2.24) is 0 Å². The molecule has 0 saturated heterocycles. The maximum absolute atomic E-state index is 13.1. The highest BCUT2D eigenvalue weighted by Gasteiger charge is 2.55. The van der Waals surface area contributed by atoms with Gasteiger partial charge >= 0.3 is 0 Å². The largest absolute Gasteiger partial charge is 0.282 e. The van der Waals surface area contributed by atoms with Gasteiger partial charge in [-0.1, -0.05) is 0 Å². The molecule has 8 rings (SSSR count). The van der Waals surface area contributed by atoms with Crippen molar-refractivity contribution < 1.29 is 16.8 Å². The molecule has 0 heterocycles. The smallest absolute Gasteiger partial charge is 0.184 e. The Kier molecular flexibility index (Phi) is 4.24. The minimum atomic E-state index is -1.48. The Hall–Kier alpha value is 0.220. The average Bonchev–Trinajstić information content (AvgIpc) is 2.56. The molecule has 2 unspecified atom stereocenters. The summed E-state index contributed by atoms with van der Waals surface area (Å²) >= 11 is -2.81. The lowest BCUT2D eigenvalue weighted by atomic mass is 9.54. The highest BCUT2D eigenvalue weighted by atomic mass is 32.2. The summed E-state index contributed by atoms with van der Waals surface area (Å²) in [5.41, 5.74) is -0.175. The minimum Gasteiger partial charge on any atom is -0.282 e. The molecule has 27 heavy (non-hydrogen) atoms. The number of hydrogen-bond donors (Lipinski definition) is 0. The van der Waals surface area contributed by atoms with Crippen LogP contribution in [-0.2, 0) is 30.5 Å². The molecule has 152 valence electrons. The number of hydrogen-bond acceptors (Lipinski definition) is 4. The fourth-order valence-corrected chi connectivity index (χ4v) is 11.5. The molecule has 8 aliphatic carbocycles. The molecule has 2 atom stereocenters. The van der Waals surface area contributed by atoms with Crippen molar-refractivity contribution in [2.45, 2.75) is 87.4 Å². The van der Waals surface area contributed by atoms with E-state index in [1.807, 2.05) is 0 Å². The van der Waals surface area contributed by atoms with Crippen LogP contribution in [-0.4, -0.2) is 24.7 Å². The predicted molar refractivity (Wildman–Crippen MR) is 105 cm³/mol. The molecule has 0 aromatic carbocycles. The van der Waals surface area contributed by atoms with Gasteiger partial charge in [0.15, 0.2) is 28.1 Å². The summed E-state index contributed by atoms with van der Waals surface area (Å²) in [6, 6.07) is 0. The zero-order chi connectivity index (χ0) is 18.2. The van der Waals surface area contributed by atoms with E-state index >= 15 is 0 Å². The highest BCUT2D eigenvalue weighted by Crippen LogP contribution is 2.59. The molecular weight excluding hydrogens is 380 g/mol. The summed E-state index contributed by atoms with van der Waals surface area (Å²) in [6.07, 6.45) is 14.4. The summed E-state index contributed by atoms with van der Waals surface area (Å²) in [5.74, 6) is 4.55. The van der Waals surface area contributed by atoms with Crippen LogP contribution in [0.25, 0.3) is 0 Å². The van der Waals surface area contributed by atoms with E-state index in [-0.39, 0.29) is 16.3 Å². The molecular formula is C21H32O4S2. The fourth-order valence-electron chi connectivity index (χ4n) is 8.80. The first-order chi connectivity index (χ1) is 13.0. The third kappa shape index (κ3) is 3.12. The van der Waals surface area contributed by atoms with E-state index in [4.69, 9.17) is 8.37 Å². The topological polar surface area (TPSA) is 52.6 Å². The molecule has 0 radical (unpaired) electrons. The molecule has 0 aromatic heterocycles. The van der Waals surface area contributed by atoms with Crippen LogP contribution < -0.4 is 0 Å². The van der Waals surface area contributed by atoms with E-state index in [1.165, 1.54) is 38.5 Å². The van der Waals surface area contributed by atoms with Crippen LogP contribution in [0.4, 0.5) is 0 Å². The second-order valence-corrected chi connectivity index (χ2v) is 13.6. The Bertz CT molecular complexity index is 605. The van der Waals surface area contributed by atoms with Gasteiger partial charge in [0.1, 0.15) is 0 Å². The lowest BCUT2D eigenvalue weighted by molar-refractivity contribution is -0.102. The Morgan fingerprint density at radius 3 is 1.52 bits per heavy atom. The van der Waals surface area contributed by atoms with Gasteiger partial charge in [0.2, 0.25) is 0 Å². The lowest BCUT2D eigenvalue weighted by Crippen LogP contribution is -2.53. The average molecular weight is 413 g/mol. The molecule has 8 bridgehead atoms. The van der Waals surface area contributed by atoms with E-state index < -0.39 is 22.2 Å². The predicted octanol–water partition coefficient (Wildman–Crippen LogP) is 4.24. The van der Waals surface area contributed by atoms with Gasteiger partial charge in [-0.05, 0) is 113 Å². The van der Waals surface area contributed by atoms with Crippen LogP contribution in [0, 0.1) is 35.5 Å². The van der Waals surface area contributed by atoms with Crippen LogP contribution in [0.2, 0.25) is 0 Å². The van der Waals surface area contributed by atoms with Crippen LogP contribution >= 0.6 is 0 Å².